The molecule has 3 aromatic heterocycles. The van der Waals surface area contributed by atoms with Crippen LogP contribution in [-0.4, -0.2) is 14.5 Å². The van der Waals surface area contributed by atoms with Gasteiger partial charge in [-0.15, -0.1) is 11.3 Å². The first kappa shape index (κ1) is 9.69. The lowest BCUT2D eigenvalue weighted by Crippen LogP contribution is -1.86. The van der Waals surface area contributed by atoms with Gasteiger partial charge in [0.1, 0.15) is 11.3 Å². The molecule has 3 aromatic rings. The van der Waals surface area contributed by atoms with E-state index in [0.717, 1.165) is 10.7 Å². The van der Waals surface area contributed by atoms with E-state index >= 15 is 0 Å². The topological polar surface area (TPSA) is 37.5 Å². The van der Waals surface area contributed by atoms with Crippen molar-refractivity contribution in [1.29, 1.82) is 0 Å². The van der Waals surface area contributed by atoms with Crippen LogP contribution in [0.15, 0.2) is 35.8 Å². The SMILES string of the molecule is Oc1cccn2c(-c3cccs3)nc(Cl)c12. The smallest absolute Gasteiger partial charge is 0.159 e. The second-order valence-corrected chi connectivity index (χ2v) is 4.62. The van der Waals surface area contributed by atoms with Crippen molar-refractivity contribution in [3.05, 3.63) is 41.0 Å². The molecule has 5 heteroatoms. The van der Waals surface area contributed by atoms with Gasteiger partial charge in [0.25, 0.3) is 0 Å². The molecule has 0 fully saturated rings. The molecular formula is C11H7ClN2OS. The fraction of sp³-hybridized carbons (Fsp3) is 0. The number of aromatic nitrogens is 2. The van der Waals surface area contributed by atoms with Gasteiger partial charge in [-0.3, -0.25) is 4.40 Å². The molecule has 0 spiro atoms. The van der Waals surface area contributed by atoms with Gasteiger partial charge in [0.2, 0.25) is 0 Å². The highest BCUT2D eigenvalue weighted by Crippen LogP contribution is 2.32. The van der Waals surface area contributed by atoms with Gasteiger partial charge >= 0.3 is 0 Å². The summed E-state index contributed by atoms with van der Waals surface area (Å²) in [6, 6.07) is 7.29. The maximum atomic E-state index is 9.72. The van der Waals surface area contributed by atoms with Crippen molar-refractivity contribution in [2.45, 2.75) is 0 Å². The molecule has 0 saturated heterocycles. The molecule has 0 aliphatic heterocycles. The van der Waals surface area contributed by atoms with Crippen molar-refractivity contribution in [3.8, 4) is 16.5 Å². The van der Waals surface area contributed by atoms with E-state index in [1.807, 2.05) is 23.7 Å². The van der Waals surface area contributed by atoms with Crippen LogP contribution in [0.4, 0.5) is 0 Å². The van der Waals surface area contributed by atoms with Gasteiger partial charge < -0.3 is 5.11 Å². The number of hydrogen-bond acceptors (Lipinski definition) is 3. The number of imidazole rings is 1. The molecule has 1 N–H and O–H groups in total. The summed E-state index contributed by atoms with van der Waals surface area (Å²) in [5, 5.41) is 12.0. The number of fused-ring (bicyclic) bond motifs is 1. The van der Waals surface area contributed by atoms with Crippen LogP contribution in [0.3, 0.4) is 0 Å². The molecule has 0 atom stereocenters. The molecule has 16 heavy (non-hydrogen) atoms. The summed E-state index contributed by atoms with van der Waals surface area (Å²) in [4.78, 5) is 5.29. The standard InChI is InChI=1S/C11H7ClN2OS/c12-10-9-7(15)3-1-5-14(9)11(13-10)8-4-2-6-16-8/h1-6,15H. The predicted octanol–water partition coefficient (Wildman–Crippen LogP) is 3.42. The molecular weight excluding hydrogens is 244 g/mol. The van der Waals surface area contributed by atoms with E-state index in [2.05, 4.69) is 4.98 Å². The number of halogens is 1. The highest BCUT2D eigenvalue weighted by Gasteiger charge is 2.14. The zero-order valence-corrected chi connectivity index (χ0v) is 9.66. The molecule has 0 aliphatic carbocycles. The number of hydrogen-bond donors (Lipinski definition) is 1. The lowest BCUT2D eigenvalue weighted by atomic mass is 10.4. The Morgan fingerprint density at radius 3 is 2.94 bits per heavy atom. The van der Waals surface area contributed by atoms with Crippen molar-refractivity contribution in [3.63, 3.8) is 0 Å². The molecule has 0 aliphatic rings. The molecule has 0 aromatic carbocycles. The number of rotatable bonds is 1. The lowest BCUT2D eigenvalue weighted by Gasteiger charge is -1.99. The molecule has 0 radical (unpaired) electrons. The van der Waals surface area contributed by atoms with Crippen LogP contribution < -0.4 is 0 Å². The molecule has 0 bridgehead atoms. The van der Waals surface area contributed by atoms with Crippen LogP contribution in [0.1, 0.15) is 0 Å². The Bertz CT molecular complexity index is 645. The Morgan fingerprint density at radius 1 is 1.31 bits per heavy atom. The Hall–Kier alpha value is -1.52. The largest absolute Gasteiger partial charge is 0.506 e. The first-order valence-electron chi connectivity index (χ1n) is 4.67. The number of aromatic hydroxyl groups is 1. The Kier molecular flexibility index (Phi) is 2.12. The Morgan fingerprint density at radius 2 is 2.19 bits per heavy atom. The zero-order chi connectivity index (χ0) is 11.1. The van der Waals surface area contributed by atoms with Crippen molar-refractivity contribution in [2.24, 2.45) is 0 Å². The number of thiophene rings is 1. The Labute approximate surface area is 101 Å². The minimum atomic E-state index is 0.141. The quantitative estimate of drug-likeness (QED) is 0.719. The molecule has 80 valence electrons. The monoisotopic (exact) mass is 250 g/mol. The third kappa shape index (κ3) is 1.31. The first-order chi connectivity index (χ1) is 7.77. The highest BCUT2D eigenvalue weighted by atomic mass is 35.5. The van der Waals surface area contributed by atoms with E-state index < -0.39 is 0 Å². The lowest BCUT2D eigenvalue weighted by molar-refractivity contribution is 0.479. The maximum absolute atomic E-state index is 9.72. The van der Waals surface area contributed by atoms with E-state index in [-0.39, 0.29) is 5.75 Å². The van der Waals surface area contributed by atoms with Crippen molar-refractivity contribution >= 4 is 28.5 Å². The summed E-state index contributed by atoms with van der Waals surface area (Å²) in [6.45, 7) is 0. The van der Waals surface area contributed by atoms with Crippen molar-refractivity contribution in [1.82, 2.24) is 9.38 Å². The summed E-state index contributed by atoms with van der Waals surface area (Å²) in [6.07, 6.45) is 1.84. The summed E-state index contributed by atoms with van der Waals surface area (Å²) in [7, 11) is 0. The summed E-state index contributed by atoms with van der Waals surface area (Å²) in [5.41, 5.74) is 0.549. The molecule has 3 heterocycles. The van der Waals surface area contributed by atoms with Crippen LogP contribution in [0.25, 0.3) is 16.2 Å². The Balaban J connectivity index is 2.40. The van der Waals surface area contributed by atoms with Gasteiger partial charge in [-0.05, 0) is 23.6 Å². The second-order valence-electron chi connectivity index (χ2n) is 3.32. The average Bonchev–Trinajstić information content (AvgIpc) is 2.86. The van der Waals surface area contributed by atoms with Crippen LogP contribution in [0.5, 0.6) is 5.75 Å². The van der Waals surface area contributed by atoms with Gasteiger partial charge in [0, 0.05) is 6.20 Å². The summed E-state index contributed by atoms with van der Waals surface area (Å²) in [5.74, 6) is 0.897. The van der Waals surface area contributed by atoms with Crippen molar-refractivity contribution < 1.29 is 5.11 Å². The van der Waals surface area contributed by atoms with E-state index in [1.54, 1.807) is 27.9 Å². The van der Waals surface area contributed by atoms with Gasteiger partial charge in [0.15, 0.2) is 11.0 Å². The van der Waals surface area contributed by atoms with E-state index in [0.29, 0.717) is 10.7 Å². The third-order valence-electron chi connectivity index (χ3n) is 2.34. The normalized spacial score (nSPS) is 11.1. The van der Waals surface area contributed by atoms with Crippen LogP contribution in [-0.2, 0) is 0 Å². The van der Waals surface area contributed by atoms with E-state index in [9.17, 15) is 5.11 Å². The van der Waals surface area contributed by atoms with Gasteiger partial charge in [0.05, 0.1) is 4.88 Å². The minimum absolute atomic E-state index is 0.141. The fourth-order valence-corrected chi connectivity index (χ4v) is 2.64. The van der Waals surface area contributed by atoms with E-state index in [4.69, 9.17) is 11.6 Å². The average molecular weight is 251 g/mol. The zero-order valence-electron chi connectivity index (χ0n) is 8.09. The van der Waals surface area contributed by atoms with Crippen LogP contribution >= 0.6 is 22.9 Å². The fourth-order valence-electron chi connectivity index (χ4n) is 1.66. The maximum Gasteiger partial charge on any atom is 0.159 e. The van der Waals surface area contributed by atoms with Crippen LogP contribution in [0, 0.1) is 0 Å². The van der Waals surface area contributed by atoms with Crippen molar-refractivity contribution in [2.75, 3.05) is 0 Å². The molecule has 3 nitrogen and oxygen atoms in total. The molecule has 0 amide bonds. The summed E-state index contributed by atoms with van der Waals surface area (Å²) >= 11 is 7.60. The minimum Gasteiger partial charge on any atom is -0.506 e. The molecule has 3 rings (SSSR count). The van der Waals surface area contributed by atoms with E-state index in [1.165, 1.54) is 0 Å². The third-order valence-corrected chi connectivity index (χ3v) is 3.47. The number of pyridine rings is 1. The predicted molar refractivity (Wildman–Crippen MR) is 65.2 cm³/mol. The molecule has 0 saturated carbocycles. The van der Waals surface area contributed by atoms with Gasteiger partial charge in [-0.2, -0.15) is 0 Å². The van der Waals surface area contributed by atoms with Crippen LogP contribution in [0.2, 0.25) is 5.15 Å². The molecule has 0 unspecified atom stereocenters. The first-order valence-corrected chi connectivity index (χ1v) is 5.92. The summed E-state index contributed by atoms with van der Waals surface area (Å²) < 4.78 is 1.80. The highest BCUT2D eigenvalue weighted by molar-refractivity contribution is 7.13. The van der Waals surface area contributed by atoms with Gasteiger partial charge in [-0.1, -0.05) is 17.7 Å². The number of nitrogens with zero attached hydrogens (tertiary/aromatic N) is 2. The van der Waals surface area contributed by atoms with Gasteiger partial charge in [-0.25, -0.2) is 4.98 Å². The second kappa shape index (κ2) is 3.50.